The molecule has 4 heterocycles. The van der Waals surface area contributed by atoms with E-state index in [1.807, 2.05) is 150 Å². The summed E-state index contributed by atoms with van der Waals surface area (Å²) >= 11 is 5.34. The van der Waals surface area contributed by atoms with Gasteiger partial charge in [-0.1, -0.05) is 122 Å². The normalized spacial score (nSPS) is 17.4. The molecule has 135 heavy (non-hydrogen) atoms. The second-order valence-corrected chi connectivity index (χ2v) is 36.7. The molecule has 2 N–H and O–H groups in total. The molecule has 34 nitrogen and oxygen atoms in total. The van der Waals surface area contributed by atoms with E-state index in [9.17, 15) is 62.6 Å². The van der Waals surface area contributed by atoms with Crippen LogP contribution in [-0.2, 0) is 148 Å². The molecule has 0 amide bonds. The first-order chi connectivity index (χ1) is 63.5. The highest BCUT2D eigenvalue weighted by molar-refractivity contribution is 6.18. The van der Waals surface area contributed by atoms with Crippen LogP contribution in [0.1, 0.15) is 282 Å². The summed E-state index contributed by atoms with van der Waals surface area (Å²) in [5.41, 5.74) is -2.59. The zero-order chi connectivity index (χ0) is 104. The number of carbonyl (C=O) groups is 12. The van der Waals surface area contributed by atoms with E-state index < -0.39 is 40.0 Å². The van der Waals surface area contributed by atoms with E-state index in [1.54, 1.807) is 54.0 Å². The van der Waals surface area contributed by atoms with Crippen molar-refractivity contribution in [3.05, 3.63) is 30.3 Å². The molecular weight excluding hydrogens is 1780 g/mol. The number of benzene rings is 1. The maximum Gasteiger partial charge on any atom is 0.313 e. The zero-order valence-corrected chi connectivity index (χ0v) is 88.0. The van der Waals surface area contributed by atoms with Gasteiger partial charge in [-0.15, -0.1) is 11.6 Å². The lowest BCUT2D eigenvalue weighted by Crippen LogP contribution is -2.41. The molecule has 10 atom stereocenters. The van der Waals surface area contributed by atoms with Crippen molar-refractivity contribution in [1.29, 1.82) is 0 Å². The molecule has 10 unspecified atom stereocenters. The second kappa shape index (κ2) is 78.5. The molecule has 1 aromatic carbocycles. The number of carbonyl (C=O) groups excluding carboxylic acids is 12. The molecule has 0 aromatic heterocycles. The summed E-state index contributed by atoms with van der Waals surface area (Å²) in [4.78, 5) is 135. The zero-order valence-electron chi connectivity index (χ0n) is 87.2. The van der Waals surface area contributed by atoms with E-state index in [1.165, 1.54) is 6.92 Å². The van der Waals surface area contributed by atoms with E-state index >= 15 is 0 Å². The van der Waals surface area contributed by atoms with Crippen molar-refractivity contribution in [3.63, 3.8) is 0 Å². The van der Waals surface area contributed by atoms with Crippen LogP contribution in [0.2, 0.25) is 0 Å². The Hall–Kier alpha value is -7.25. The lowest BCUT2D eigenvalue weighted by Gasteiger charge is -2.35. The third-order valence-corrected chi connectivity index (χ3v) is 23.0. The van der Waals surface area contributed by atoms with Gasteiger partial charge in [0.05, 0.1) is 141 Å². The Kier molecular flexibility index (Phi) is 78.0. The second-order valence-electron chi connectivity index (χ2n) is 36.4. The number of aliphatic hydroxyl groups excluding tert-OH is 2. The molecule has 4 aliphatic rings. The van der Waals surface area contributed by atoms with E-state index in [2.05, 4.69) is 6.92 Å². The van der Waals surface area contributed by atoms with Crippen molar-refractivity contribution in [3.8, 4) is 5.75 Å². The number of halogens is 1. The average Bonchev–Trinajstić information content (AvgIpc) is 1.72. The maximum atomic E-state index is 11.6. The van der Waals surface area contributed by atoms with Gasteiger partial charge in [0.2, 0.25) is 0 Å². The van der Waals surface area contributed by atoms with Crippen LogP contribution in [-0.4, -0.2) is 277 Å². The number of Topliss-reactive ketones (excluding diaryl/α,β-unsaturated/α-hetero) is 1. The summed E-state index contributed by atoms with van der Waals surface area (Å²) in [6, 6.07) is 9.20. The Morgan fingerprint density at radius 2 is 0.852 bits per heavy atom. The van der Waals surface area contributed by atoms with Crippen molar-refractivity contribution in [2.24, 2.45) is 56.7 Å². The Bertz CT molecular complexity index is 3310. The molecule has 0 saturated carbocycles. The quantitative estimate of drug-likeness (QED) is 0.0201. The third kappa shape index (κ3) is 67.7. The molecule has 4 fully saturated rings. The fourth-order valence-electron chi connectivity index (χ4n) is 9.72. The standard InChI is InChI=1S/C14H20O4.C12H20O5.C12H22O4.C11H18O4.C11H22O4.C11H20O3.C10H20O4.C10H18O3.C9H17ClO3/c1-3-11(2)14(16)18-10-12(15)9-17-13-7-5-4-6-8-13;1-5-12(3,4)11(15)17-7-6-16-10(14)8-9(2)13;1-4-10(3)11(13)16-8-12(5-2)6-14-9-15-7-12;1-4-8(2)10(13)15-11(3)5-6-14-9(12)7-11;1-5-11(2,3)10(12)15-9-8-14-7-6-13-4;1-4-11(2,3)10(12)14-8-9-6-5-7-13-9;1-4-9(2)10(11)14-8-7-13-6-5-12-3;1-3-8(2)10(11)13-7-9-5-4-6-12-9;1-4-9(2,3)8(12)13-6-7(11)5-10/h4-8,11-12,15H,3,9-10H2,1-2H3;5-8H2,1-4H3;10H,4-9H2,1-3H3;8H,4-7H2,1-3H3;5-9H2,1-4H3;2*9H,4-8H2,1-3H3;8-9H,3-7H2,1-2H3;7,11H,4-6H2,1-3H3. The SMILES string of the molecule is CCC(C)(C)C(=O)OCC(O)CCl.CCC(C)(C)C(=O)OCC1CCCO1.CCC(C)(C)C(=O)OCCOC(=O)CC(C)=O.CCC(C)(C)C(=O)OCCOCCOC.CCC(C)C(=O)OC1(C)CCOC(=O)C1.CCC(C)C(=O)OCC(O)COc1ccccc1.CCC(C)C(=O)OCC1(CC)COCOC1.CCC(C)C(=O)OCC1CCCO1.CCC(C)C(=O)OCCOCCOC. The molecule has 1 aromatic rings. The highest BCUT2D eigenvalue weighted by Crippen LogP contribution is 2.30. The number of rotatable bonds is 51. The highest BCUT2D eigenvalue weighted by Gasteiger charge is 2.39. The van der Waals surface area contributed by atoms with Gasteiger partial charge in [-0.2, -0.15) is 0 Å². The van der Waals surface area contributed by atoms with Gasteiger partial charge in [0, 0.05) is 33.9 Å². The van der Waals surface area contributed by atoms with E-state index in [4.69, 9.17) is 111 Å². The Morgan fingerprint density at radius 3 is 1.26 bits per heavy atom. The molecule has 4 aliphatic heterocycles. The lowest BCUT2D eigenvalue weighted by atomic mass is 9.87. The van der Waals surface area contributed by atoms with Crippen LogP contribution in [0.4, 0.5) is 0 Å². The minimum absolute atomic E-state index is 0.0152. The first-order valence-electron chi connectivity index (χ1n) is 48.0. The largest absolute Gasteiger partial charge is 0.491 e. The Morgan fingerprint density at radius 1 is 0.467 bits per heavy atom. The van der Waals surface area contributed by atoms with Gasteiger partial charge in [0.15, 0.2) is 0 Å². The fraction of sp³-hybridized carbons (Fsp3) is 0.820. The molecule has 0 spiro atoms. The third-order valence-electron chi connectivity index (χ3n) is 22.7. The van der Waals surface area contributed by atoms with Crippen LogP contribution in [0.5, 0.6) is 5.75 Å². The number of hydrogen-bond acceptors (Lipinski definition) is 34. The number of hydrogen-bond donors (Lipinski definition) is 2. The number of esters is 11. The van der Waals surface area contributed by atoms with Gasteiger partial charge in [-0.05, 0) is 171 Å². The number of aliphatic hydroxyl groups is 2. The molecule has 788 valence electrons. The first kappa shape index (κ1) is 134. The number of para-hydroxylation sites is 1. The highest BCUT2D eigenvalue weighted by atomic mass is 35.5. The molecular formula is C100H177ClO34. The van der Waals surface area contributed by atoms with Crippen LogP contribution in [0.3, 0.4) is 0 Å². The average molecular weight is 1960 g/mol. The Balaban J connectivity index is -0.000000716. The van der Waals surface area contributed by atoms with Gasteiger partial charge in [-0.3, -0.25) is 57.5 Å². The molecule has 5 rings (SSSR count). The summed E-state index contributed by atoms with van der Waals surface area (Å²) in [6.45, 7) is 55.3. The monoisotopic (exact) mass is 1960 g/mol. The lowest BCUT2D eigenvalue weighted by molar-refractivity contribution is -0.188. The van der Waals surface area contributed by atoms with Gasteiger partial charge in [0.1, 0.15) is 109 Å². The van der Waals surface area contributed by atoms with Crippen LogP contribution in [0.25, 0.3) is 0 Å². The van der Waals surface area contributed by atoms with Gasteiger partial charge >= 0.3 is 65.7 Å². The minimum Gasteiger partial charge on any atom is -0.491 e. The van der Waals surface area contributed by atoms with Crippen LogP contribution in [0, 0.1) is 56.7 Å². The van der Waals surface area contributed by atoms with Gasteiger partial charge in [0.25, 0.3) is 0 Å². The molecule has 0 bridgehead atoms. The minimum atomic E-state index is -0.807. The van der Waals surface area contributed by atoms with E-state index in [-0.39, 0.29) is 170 Å². The van der Waals surface area contributed by atoms with Gasteiger partial charge < -0.3 is 105 Å². The summed E-state index contributed by atoms with van der Waals surface area (Å²) in [7, 11) is 3.24. The summed E-state index contributed by atoms with van der Waals surface area (Å²) in [5, 5.41) is 18.6. The number of cyclic esters (lactones) is 1. The Labute approximate surface area is 812 Å². The van der Waals surface area contributed by atoms with Crippen molar-refractivity contribution >= 4 is 83.0 Å². The topological polar surface area (TPSA) is 430 Å². The summed E-state index contributed by atoms with van der Waals surface area (Å²) in [6.07, 6.45) is 11.2. The van der Waals surface area contributed by atoms with E-state index in [0.29, 0.717) is 124 Å². The molecule has 0 radical (unpaired) electrons. The number of methoxy groups -OCH3 is 2. The smallest absolute Gasteiger partial charge is 0.313 e. The van der Waals surface area contributed by atoms with E-state index in [0.717, 1.165) is 90.3 Å². The van der Waals surface area contributed by atoms with Gasteiger partial charge in [-0.25, -0.2) is 0 Å². The van der Waals surface area contributed by atoms with Crippen molar-refractivity contribution in [1.82, 2.24) is 0 Å². The van der Waals surface area contributed by atoms with Crippen LogP contribution >= 0.6 is 11.6 Å². The summed E-state index contributed by atoms with van der Waals surface area (Å²) in [5.74, 6) is -2.42. The predicted octanol–water partition coefficient (Wildman–Crippen LogP) is 15.5. The van der Waals surface area contributed by atoms with Crippen molar-refractivity contribution in [2.45, 2.75) is 312 Å². The predicted molar refractivity (Wildman–Crippen MR) is 510 cm³/mol. The van der Waals surface area contributed by atoms with Crippen LogP contribution < -0.4 is 4.74 Å². The first-order valence-corrected chi connectivity index (χ1v) is 48.6. The number of ketones is 1. The fourth-order valence-corrected chi connectivity index (χ4v) is 9.81. The molecule has 0 aliphatic carbocycles. The molecule has 4 saturated heterocycles. The van der Waals surface area contributed by atoms with Crippen molar-refractivity contribution in [2.75, 3.05) is 166 Å². The molecule has 35 heteroatoms. The summed E-state index contributed by atoms with van der Waals surface area (Å²) < 4.78 is 102. The maximum absolute atomic E-state index is 11.6. The number of ether oxygens (including phenoxy) is 20. The van der Waals surface area contributed by atoms with Crippen LogP contribution in [0.15, 0.2) is 30.3 Å². The number of alkyl halides is 1. The van der Waals surface area contributed by atoms with Crippen molar-refractivity contribution < 1.29 is 162 Å².